The van der Waals surface area contributed by atoms with E-state index in [0.29, 0.717) is 49.0 Å². The molecular weight excluding hydrogens is 1080 g/mol. The molecule has 86 heavy (non-hydrogen) atoms. The van der Waals surface area contributed by atoms with Gasteiger partial charge in [-0.1, -0.05) is 0 Å². The maximum atomic E-state index is 7.15. The zero-order valence-corrected chi connectivity index (χ0v) is 60.3. The fraction of sp³-hybridized carbons (Fsp3) is 0.912. The van der Waals surface area contributed by atoms with Gasteiger partial charge in [0.25, 0.3) is 0 Å². The van der Waals surface area contributed by atoms with Crippen LogP contribution in [0.3, 0.4) is 0 Å². The second-order valence-corrected chi connectivity index (χ2v) is 35.6. The summed E-state index contributed by atoms with van der Waals surface area (Å²) in [6.07, 6.45) is 9.59. The van der Waals surface area contributed by atoms with Crippen LogP contribution in [-0.2, 0) is 0 Å². The van der Waals surface area contributed by atoms with Gasteiger partial charge >= 0.3 is 24.0 Å². The van der Waals surface area contributed by atoms with Gasteiger partial charge in [-0.3, -0.25) is 29.4 Å². The Morgan fingerprint density at radius 3 is 0.581 bits per heavy atom. The summed E-state index contributed by atoms with van der Waals surface area (Å²) in [5.41, 5.74) is -1.55. The summed E-state index contributed by atoms with van der Waals surface area (Å²) in [6.45, 7) is 57.1. The lowest BCUT2D eigenvalue weighted by Gasteiger charge is -2.56. The molecule has 8 rings (SSSR count). The van der Waals surface area contributed by atoms with Gasteiger partial charge in [-0.2, -0.15) is 19.9 Å². The topological polar surface area (TPSA) is 140 Å². The largest absolute Gasteiger partial charge is 0.460 e. The van der Waals surface area contributed by atoms with E-state index in [1.54, 1.807) is 0 Å². The molecule has 0 atom stereocenters. The average Bonchev–Trinajstić information content (AvgIpc) is 0.981. The second-order valence-electron chi connectivity index (χ2n) is 35.6. The fourth-order valence-corrected chi connectivity index (χ4v) is 17.4. The van der Waals surface area contributed by atoms with E-state index in [9.17, 15) is 0 Å². The third-order valence-corrected chi connectivity index (χ3v) is 23.9. The fourth-order valence-electron chi connectivity index (χ4n) is 17.4. The van der Waals surface area contributed by atoms with Gasteiger partial charge in [0, 0.05) is 143 Å². The zero-order valence-electron chi connectivity index (χ0n) is 60.3. The molecule has 490 valence electrons. The Bertz CT molecular complexity index is 2300. The molecule has 0 spiro atoms. The third-order valence-electron chi connectivity index (χ3n) is 23.9. The number of hydrogen-bond donors (Lipinski definition) is 0. The zero-order chi connectivity index (χ0) is 64.5. The summed E-state index contributed by atoms with van der Waals surface area (Å²) in [5, 5.41) is 0. The molecule has 6 aliphatic heterocycles. The van der Waals surface area contributed by atoms with E-state index < -0.39 is 0 Å². The SMILES string of the molecule is CN1C(C)(C)CC(Oc2nc(OC3CC(C)(C)N(C)C(C)(C)C3)nc(N(CCN(c3nc(OC4CC(C)(C)N(C)C(C)(C)C4)nc(OC4CC(C)(C)N(C)C(C)(C)C4)n3)C3CC(C)(C)N(C)C(C)(C)C3)C3CC(C)(C)N(C)C(C)(C)C3)n2)CC1(C)C. The minimum atomic E-state index is -0.157. The molecule has 18 nitrogen and oxygen atoms in total. The van der Waals surface area contributed by atoms with Crippen molar-refractivity contribution < 1.29 is 18.9 Å². The van der Waals surface area contributed by atoms with E-state index in [4.69, 9.17) is 48.9 Å². The molecule has 0 bridgehead atoms. The smallest absolute Gasteiger partial charge is 0.324 e. The van der Waals surface area contributed by atoms with Gasteiger partial charge in [0.15, 0.2) is 0 Å². The highest BCUT2D eigenvalue weighted by Gasteiger charge is 2.52. The number of rotatable bonds is 15. The van der Waals surface area contributed by atoms with E-state index in [1.807, 2.05) is 0 Å². The summed E-state index contributed by atoms with van der Waals surface area (Å²) >= 11 is 0. The second kappa shape index (κ2) is 22.8. The predicted octanol–water partition coefficient (Wildman–Crippen LogP) is 11.8. The Morgan fingerprint density at radius 2 is 0.419 bits per heavy atom. The first kappa shape index (κ1) is 68.5. The van der Waals surface area contributed by atoms with Crippen molar-refractivity contribution in [1.29, 1.82) is 0 Å². The van der Waals surface area contributed by atoms with Crippen molar-refractivity contribution in [3.05, 3.63) is 0 Å². The Hall–Kier alpha value is -3.42. The van der Waals surface area contributed by atoms with E-state index in [0.717, 1.165) is 77.0 Å². The average molecular weight is 1200 g/mol. The van der Waals surface area contributed by atoms with Gasteiger partial charge < -0.3 is 28.7 Å². The molecule has 0 amide bonds. The van der Waals surface area contributed by atoms with Crippen LogP contribution in [-0.4, -0.2) is 218 Å². The first-order valence-corrected chi connectivity index (χ1v) is 33.0. The van der Waals surface area contributed by atoms with E-state index in [1.165, 1.54) is 0 Å². The number of hydrogen-bond acceptors (Lipinski definition) is 18. The highest BCUT2D eigenvalue weighted by molar-refractivity contribution is 5.40. The molecule has 2 aromatic heterocycles. The minimum Gasteiger partial charge on any atom is -0.460 e. The maximum absolute atomic E-state index is 7.15. The molecule has 0 aliphatic carbocycles. The number of nitrogens with zero attached hydrogens (tertiary/aromatic N) is 14. The summed E-state index contributed by atoms with van der Waals surface area (Å²) in [6, 6.07) is 1.30. The van der Waals surface area contributed by atoms with Crippen molar-refractivity contribution in [1.82, 2.24) is 59.3 Å². The lowest BCUT2D eigenvalue weighted by atomic mass is 9.76. The van der Waals surface area contributed by atoms with Gasteiger partial charge in [0.2, 0.25) is 11.9 Å². The minimum absolute atomic E-state index is 0.0253. The number of ether oxygens (including phenoxy) is 4. The Kier molecular flexibility index (Phi) is 18.1. The molecule has 2 aromatic rings. The van der Waals surface area contributed by atoms with Crippen LogP contribution in [0.4, 0.5) is 11.9 Å². The number of likely N-dealkylation sites (tertiary alicyclic amines) is 6. The number of aromatic nitrogens is 6. The first-order valence-electron chi connectivity index (χ1n) is 33.0. The first-order chi connectivity index (χ1) is 38.9. The number of anilines is 2. The van der Waals surface area contributed by atoms with Crippen molar-refractivity contribution >= 4 is 11.9 Å². The third kappa shape index (κ3) is 14.2. The molecule has 8 heterocycles. The monoisotopic (exact) mass is 1200 g/mol. The molecule has 6 fully saturated rings. The standard InChI is InChI=1S/C68H124N14O4/c1-57(2)33-45(34-58(3,4)75(57)25)81(51-69-53(83-47-37-61(9,10)77(27)62(11,12)38-47)73-54(70-51)84-48-39-63(13,14)78(28)64(15,16)40-48)31-32-82(46-35-59(5,6)76(26)60(7,8)36-46)52-71-55(85-49-41-65(17,18)79(29)66(19,20)42-49)74-56(72-52)86-50-43-67(21,22)80(30)68(23,24)44-50/h45-50H,31-44H2,1-30H3. The van der Waals surface area contributed by atoms with Crippen molar-refractivity contribution in [2.45, 2.75) is 346 Å². The Morgan fingerprint density at radius 1 is 0.267 bits per heavy atom. The summed E-state index contributed by atoms with van der Waals surface area (Å²) < 4.78 is 28.6. The van der Waals surface area contributed by atoms with Gasteiger partial charge in [0.1, 0.15) is 24.4 Å². The predicted molar refractivity (Wildman–Crippen MR) is 351 cm³/mol. The van der Waals surface area contributed by atoms with Crippen LogP contribution >= 0.6 is 0 Å². The highest BCUT2D eigenvalue weighted by atomic mass is 16.5. The van der Waals surface area contributed by atoms with Gasteiger partial charge in [0.05, 0.1) is 0 Å². The van der Waals surface area contributed by atoms with Gasteiger partial charge in [-0.25, -0.2) is 0 Å². The van der Waals surface area contributed by atoms with Crippen LogP contribution in [0, 0.1) is 0 Å². The maximum Gasteiger partial charge on any atom is 0.324 e. The highest BCUT2D eigenvalue weighted by Crippen LogP contribution is 2.46. The summed E-state index contributed by atoms with van der Waals surface area (Å²) in [7, 11) is 13.5. The van der Waals surface area contributed by atoms with E-state index >= 15 is 0 Å². The van der Waals surface area contributed by atoms with E-state index in [2.05, 4.69) is 248 Å². The molecule has 0 radical (unpaired) electrons. The lowest BCUT2D eigenvalue weighted by molar-refractivity contribution is -0.0617. The summed E-state index contributed by atoms with van der Waals surface area (Å²) in [5.74, 6) is 1.13. The molecule has 0 aromatic carbocycles. The molecule has 18 heteroatoms. The molecule has 6 saturated heterocycles. The van der Waals surface area contributed by atoms with E-state index in [-0.39, 0.29) is 103 Å². The van der Waals surface area contributed by atoms with Crippen molar-refractivity contribution in [3.8, 4) is 24.0 Å². The Balaban J connectivity index is 1.29. The lowest BCUT2D eigenvalue weighted by Crippen LogP contribution is -2.64. The summed E-state index contributed by atoms with van der Waals surface area (Å²) in [4.78, 5) is 52.3. The molecular formula is C68H124N14O4. The van der Waals surface area contributed by atoms with Crippen LogP contribution in [0.25, 0.3) is 0 Å². The van der Waals surface area contributed by atoms with Crippen LogP contribution in [0.15, 0.2) is 0 Å². The molecule has 0 saturated carbocycles. The van der Waals surface area contributed by atoms with Gasteiger partial charge in [-0.05, 0) is 234 Å². The normalized spacial score (nSPS) is 28.2. The molecule has 0 N–H and O–H groups in total. The van der Waals surface area contributed by atoms with Crippen LogP contribution in [0.1, 0.15) is 243 Å². The Labute approximate surface area is 523 Å². The van der Waals surface area contributed by atoms with Crippen molar-refractivity contribution in [2.24, 2.45) is 0 Å². The van der Waals surface area contributed by atoms with Crippen molar-refractivity contribution in [3.63, 3.8) is 0 Å². The molecule has 6 aliphatic rings. The van der Waals surface area contributed by atoms with Gasteiger partial charge in [-0.15, -0.1) is 9.97 Å². The van der Waals surface area contributed by atoms with Crippen LogP contribution < -0.4 is 28.7 Å². The quantitative estimate of drug-likeness (QED) is 0.167. The van der Waals surface area contributed by atoms with Crippen LogP contribution in [0.5, 0.6) is 24.0 Å². The molecule has 0 unspecified atom stereocenters. The van der Waals surface area contributed by atoms with Crippen LogP contribution in [0.2, 0.25) is 0 Å². The number of piperidine rings is 6. The van der Waals surface area contributed by atoms with Crippen molar-refractivity contribution in [2.75, 3.05) is 65.2 Å².